The molecule has 0 spiro atoms. The molecule has 0 aliphatic heterocycles. The van der Waals surface area contributed by atoms with Crippen LogP contribution in [0.4, 0.5) is 0 Å². The Balaban J connectivity index is 2.70. The number of ether oxygens (including phenoxy) is 1. The summed E-state index contributed by atoms with van der Waals surface area (Å²) in [7, 11) is 1.56. The van der Waals surface area contributed by atoms with Gasteiger partial charge in [0.15, 0.2) is 0 Å². The first-order valence-electron chi connectivity index (χ1n) is 5.51. The average molecular weight is 252 g/mol. The van der Waals surface area contributed by atoms with Crippen LogP contribution in [0.1, 0.15) is 19.0 Å². The minimum absolute atomic E-state index is 0.0321. The third kappa shape index (κ3) is 2.15. The molecular weight excluding hydrogens is 238 g/mol. The average Bonchev–Trinajstić information content (AvgIpc) is 2.34. The molecule has 1 aromatic heterocycles. The highest BCUT2D eigenvalue weighted by Crippen LogP contribution is 2.38. The number of hydrogen-bond donors (Lipinski definition) is 1. The minimum atomic E-state index is 0.0321. The van der Waals surface area contributed by atoms with Crippen molar-refractivity contribution in [2.75, 3.05) is 7.11 Å². The van der Waals surface area contributed by atoms with Crippen molar-refractivity contribution >= 4 is 22.4 Å². The number of halogens is 1. The smallest absolute Gasteiger partial charge is 0.138 e. The van der Waals surface area contributed by atoms with Gasteiger partial charge < -0.3 is 9.84 Å². The summed E-state index contributed by atoms with van der Waals surface area (Å²) in [4.78, 5) is 4.36. The van der Waals surface area contributed by atoms with E-state index in [1.165, 1.54) is 6.07 Å². The van der Waals surface area contributed by atoms with Crippen molar-refractivity contribution in [3.05, 3.63) is 29.0 Å². The fraction of sp³-hybridized carbons (Fsp3) is 0.308. The summed E-state index contributed by atoms with van der Waals surface area (Å²) in [6, 6.07) is 3.41. The normalized spacial score (nSPS) is 10.8. The van der Waals surface area contributed by atoms with Gasteiger partial charge in [-0.1, -0.05) is 24.9 Å². The molecule has 1 N–H and O–H groups in total. The van der Waals surface area contributed by atoms with E-state index >= 15 is 0 Å². The van der Waals surface area contributed by atoms with Crippen LogP contribution in [0.3, 0.4) is 0 Å². The van der Waals surface area contributed by atoms with Crippen LogP contribution in [0.5, 0.6) is 11.5 Å². The van der Waals surface area contributed by atoms with E-state index in [9.17, 15) is 5.11 Å². The second-order valence-electron chi connectivity index (χ2n) is 3.88. The lowest BCUT2D eigenvalue weighted by atomic mass is 10.1. The summed E-state index contributed by atoms with van der Waals surface area (Å²) < 4.78 is 5.20. The Morgan fingerprint density at radius 1 is 1.35 bits per heavy atom. The highest BCUT2D eigenvalue weighted by Gasteiger charge is 2.11. The monoisotopic (exact) mass is 251 g/mol. The highest BCUT2D eigenvalue weighted by molar-refractivity contribution is 6.37. The quantitative estimate of drug-likeness (QED) is 0.907. The predicted molar refractivity (Wildman–Crippen MR) is 69.0 cm³/mol. The maximum Gasteiger partial charge on any atom is 0.138 e. The van der Waals surface area contributed by atoms with E-state index in [4.69, 9.17) is 16.3 Å². The molecule has 2 rings (SSSR count). The minimum Gasteiger partial charge on any atom is -0.506 e. The first kappa shape index (κ1) is 12.0. The van der Waals surface area contributed by atoms with Crippen molar-refractivity contribution in [3.8, 4) is 11.5 Å². The van der Waals surface area contributed by atoms with E-state index in [1.807, 2.05) is 6.07 Å². The van der Waals surface area contributed by atoms with Crippen molar-refractivity contribution in [1.82, 2.24) is 4.98 Å². The Morgan fingerprint density at radius 2 is 2.12 bits per heavy atom. The maximum absolute atomic E-state index is 9.72. The van der Waals surface area contributed by atoms with E-state index in [2.05, 4.69) is 11.9 Å². The van der Waals surface area contributed by atoms with Crippen molar-refractivity contribution in [2.24, 2.45) is 0 Å². The topological polar surface area (TPSA) is 42.4 Å². The van der Waals surface area contributed by atoms with E-state index < -0.39 is 0 Å². The van der Waals surface area contributed by atoms with Gasteiger partial charge in [0.2, 0.25) is 0 Å². The van der Waals surface area contributed by atoms with Gasteiger partial charge in [-0.15, -0.1) is 0 Å². The third-order valence-corrected chi connectivity index (χ3v) is 3.08. The van der Waals surface area contributed by atoms with Gasteiger partial charge in [0, 0.05) is 28.7 Å². The first-order valence-corrected chi connectivity index (χ1v) is 5.89. The van der Waals surface area contributed by atoms with Gasteiger partial charge in [-0.05, 0) is 12.5 Å². The van der Waals surface area contributed by atoms with Gasteiger partial charge in [0.1, 0.15) is 11.5 Å². The molecule has 0 radical (unpaired) electrons. The summed E-state index contributed by atoms with van der Waals surface area (Å²) in [5.74, 6) is 0.613. The Kier molecular flexibility index (Phi) is 3.38. The Hall–Kier alpha value is -1.48. The number of hydrogen-bond acceptors (Lipinski definition) is 3. The molecule has 0 amide bonds. The number of aryl methyl sites for hydroxylation is 1. The van der Waals surface area contributed by atoms with Gasteiger partial charge in [-0.2, -0.15) is 0 Å². The summed E-state index contributed by atoms with van der Waals surface area (Å²) in [6.07, 6.45) is 3.65. The molecule has 4 heteroatoms. The number of methoxy groups -OCH3 is 1. The molecule has 1 aromatic carbocycles. The van der Waals surface area contributed by atoms with Crippen LogP contribution in [-0.4, -0.2) is 17.2 Å². The lowest BCUT2D eigenvalue weighted by molar-refractivity contribution is 0.413. The van der Waals surface area contributed by atoms with E-state index in [0.29, 0.717) is 10.8 Å². The SMILES string of the molecule is CCCc1cc2c(Cl)c(O)cc(OC)c2cn1. The summed E-state index contributed by atoms with van der Waals surface area (Å²) >= 11 is 6.09. The van der Waals surface area contributed by atoms with Crippen LogP contribution in [0.25, 0.3) is 10.8 Å². The summed E-state index contributed by atoms with van der Waals surface area (Å²) in [5, 5.41) is 11.7. The van der Waals surface area contributed by atoms with Gasteiger partial charge in [0.05, 0.1) is 12.1 Å². The molecule has 0 unspecified atom stereocenters. The second-order valence-corrected chi connectivity index (χ2v) is 4.26. The van der Waals surface area contributed by atoms with Crippen molar-refractivity contribution < 1.29 is 9.84 Å². The standard InChI is InChI=1S/C13H14ClNO2/c1-3-4-8-5-9-10(7-15-8)12(17-2)6-11(16)13(9)14/h5-7,16H,3-4H2,1-2H3. The molecule has 0 saturated heterocycles. The number of fused-ring (bicyclic) bond motifs is 1. The first-order chi connectivity index (χ1) is 8.17. The van der Waals surface area contributed by atoms with Crippen molar-refractivity contribution in [2.45, 2.75) is 19.8 Å². The Labute approximate surface area is 105 Å². The maximum atomic E-state index is 9.72. The molecule has 1 heterocycles. The van der Waals surface area contributed by atoms with Crippen molar-refractivity contribution in [1.29, 1.82) is 0 Å². The van der Waals surface area contributed by atoms with E-state index in [-0.39, 0.29) is 5.75 Å². The van der Waals surface area contributed by atoms with E-state index in [0.717, 1.165) is 29.3 Å². The molecule has 0 bridgehead atoms. The molecule has 0 atom stereocenters. The third-order valence-electron chi connectivity index (χ3n) is 2.68. The van der Waals surface area contributed by atoms with Gasteiger partial charge in [-0.25, -0.2) is 0 Å². The fourth-order valence-corrected chi connectivity index (χ4v) is 2.05. The van der Waals surface area contributed by atoms with Crippen LogP contribution in [0.15, 0.2) is 18.3 Å². The summed E-state index contributed by atoms with van der Waals surface area (Å²) in [5.41, 5.74) is 0.967. The number of phenols is 1. The molecule has 2 aromatic rings. The molecule has 0 saturated carbocycles. The van der Waals surface area contributed by atoms with Crippen LogP contribution in [0, 0.1) is 0 Å². The van der Waals surface area contributed by atoms with Gasteiger partial charge >= 0.3 is 0 Å². The molecular formula is C13H14ClNO2. The predicted octanol–water partition coefficient (Wildman–Crippen LogP) is 3.55. The van der Waals surface area contributed by atoms with Crippen LogP contribution >= 0.6 is 11.6 Å². The molecule has 0 aliphatic rings. The Bertz CT molecular complexity index is 555. The lowest BCUT2D eigenvalue weighted by Gasteiger charge is -2.09. The number of pyridine rings is 1. The highest BCUT2D eigenvalue weighted by atomic mass is 35.5. The number of aromatic hydroxyl groups is 1. The van der Waals surface area contributed by atoms with Crippen LogP contribution in [0.2, 0.25) is 5.02 Å². The molecule has 90 valence electrons. The zero-order valence-electron chi connectivity index (χ0n) is 9.83. The second kappa shape index (κ2) is 4.80. The number of phenolic OH excluding ortho intramolecular Hbond substituents is 1. The van der Waals surface area contributed by atoms with Crippen LogP contribution in [-0.2, 0) is 6.42 Å². The van der Waals surface area contributed by atoms with Crippen molar-refractivity contribution in [3.63, 3.8) is 0 Å². The number of aromatic nitrogens is 1. The fourth-order valence-electron chi connectivity index (χ4n) is 1.84. The number of nitrogens with zero attached hydrogens (tertiary/aromatic N) is 1. The molecule has 0 fully saturated rings. The molecule has 17 heavy (non-hydrogen) atoms. The number of rotatable bonds is 3. The van der Waals surface area contributed by atoms with Gasteiger partial charge in [-0.3, -0.25) is 4.98 Å². The van der Waals surface area contributed by atoms with E-state index in [1.54, 1.807) is 13.3 Å². The number of benzene rings is 1. The molecule has 3 nitrogen and oxygen atoms in total. The lowest BCUT2D eigenvalue weighted by Crippen LogP contribution is -1.92. The zero-order valence-corrected chi connectivity index (χ0v) is 10.6. The van der Waals surface area contributed by atoms with Crippen LogP contribution < -0.4 is 4.74 Å². The summed E-state index contributed by atoms with van der Waals surface area (Å²) in [6.45, 7) is 2.09. The molecule has 0 aliphatic carbocycles. The zero-order chi connectivity index (χ0) is 12.4. The Morgan fingerprint density at radius 3 is 2.76 bits per heavy atom. The largest absolute Gasteiger partial charge is 0.506 e. The van der Waals surface area contributed by atoms with Gasteiger partial charge in [0.25, 0.3) is 0 Å².